The summed E-state index contributed by atoms with van der Waals surface area (Å²) in [6, 6.07) is 9.69. The van der Waals surface area contributed by atoms with Crippen LogP contribution in [0.2, 0.25) is 10.2 Å². The molecule has 0 N–H and O–H groups in total. The Balaban J connectivity index is 1.13. The van der Waals surface area contributed by atoms with Crippen molar-refractivity contribution in [2.75, 3.05) is 61.4 Å². The second kappa shape index (κ2) is 13.0. The van der Waals surface area contributed by atoms with Crippen LogP contribution in [0.15, 0.2) is 35.5 Å². The van der Waals surface area contributed by atoms with Crippen molar-refractivity contribution in [3.05, 3.63) is 40.5 Å². The van der Waals surface area contributed by atoms with Gasteiger partial charge in [-0.15, -0.1) is 0 Å². The molecule has 2 aromatic rings. The quantitative estimate of drug-likeness (QED) is 0.271. The van der Waals surface area contributed by atoms with Crippen LogP contribution in [0.4, 0.5) is 11.5 Å². The molecule has 1 aromatic heterocycles. The number of carbonyl (C=O) groups excluding carboxylic acids is 2. The molecular weight excluding hydrogens is 555 g/mol. The van der Waals surface area contributed by atoms with Gasteiger partial charge in [0.05, 0.1) is 5.75 Å². The molecule has 39 heavy (non-hydrogen) atoms. The van der Waals surface area contributed by atoms with E-state index in [1.165, 1.54) is 18.2 Å². The van der Waals surface area contributed by atoms with Gasteiger partial charge in [-0.2, -0.15) is 0 Å². The van der Waals surface area contributed by atoms with E-state index in [4.69, 9.17) is 28.2 Å². The second-order valence-corrected chi connectivity index (χ2v) is 12.4. The van der Waals surface area contributed by atoms with Crippen molar-refractivity contribution in [3.8, 4) is 0 Å². The smallest absolute Gasteiger partial charge is 0.233 e. The zero-order valence-electron chi connectivity index (χ0n) is 22.4. The van der Waals surface area contributed by atoms with Gasteiger partial charge in [-0.25, -0.2) is 9.97 Å². The third kappa shape index (κ3) is 7.11. The monoisotopic (exact) mass is 590 g/mol. The average molecular weight is 592 g/mol. The van der Waals surface area contributed by atoms with Crippen molar-refractivity contribution < 1.29 is 9.59 Å². The zero-order valence-corrected chi connectivity index (χ0v) is 24.7. The molecule has 1 saturated carbocycles. The molecule has 1 atom stereocenters. The van der Waals surface area contributed by atoms with E-state index in [9.17, 15) is 9.59 Å². The van der Waals surface area contributed by atoms with Gasteiger partial charge in [0, 0.05) is 74.5 Å². The minimum atomic E-state index is 0.0688. The number of piperazine rings is 2. The highest BCUT2D eigenvalue weighted by Crippen LogP contribution is 2.29. The summed E-state index contributed by atoms with van der Waals surface area (Å²) < 4.78 is 0. The first-order valence-corrected chi connectivity index (χ1v) is 15.6. The number of amides is 2. The number of hydrogen-bond donors (Lipinski definition) is 0. The lowest BCUT2D eigenvalue weighted by atomic mass is 9.88. The SMILES string of the molecule is CC1CN(c2cc(Cl)nc(SCC(=O)N3CCN(c4cccc(Cl)c4)CC3)n2)CCN1C(=O)C1CCCCC1. The van der Waals surface area contributed by atoms with Crippen molar-refractivity contribution in [1.82, 2.24) is 19.8 Å². The van der Waals surface area contributed by atoms with Crippen LogP contribution in [-0.4, -0.2) is 89.2 Å². The summed E-state index contributed by atoms with van der Waals surface area (Å²) in [6.07, 6.45) is 5.60. The molecule has 1 aliphatic carbocycles. The van der Waals surface area contributed by atoms with E-state index in [0.29, 0.717) is 54.0 Å². The highest BCUT2D eigenvalue weighted by atomic mass is 35.5. The highest BCUT2D eigenvalue weighted by molar-refractivity contribution is 7.99. The fraction of sp³-hybridized carbons (Fsp3) is 0.571. The van der Waals surface area contributed by atoms with E-state index in [1.807, 2.05) is 29.2 Å². The molecule has 210 valence electrons. The van der Waals surface area contributed by atoms with E-state index < -0.39 is 0 Å². The second-order valence-electron chi connectivity index (χ2n) is 10.6. The molecule has 1 aromatic carbocycles. The molecule has 11 heteroatoms. The van der Waals surface area contributed by atoms with Gasteiger partial charge in [0.15, 0.2) is 5.16 Å². The first-order valence-electron chi connectivity index (χ1n) is 13.9. The lowest BCUT2D eigenvalue weighted by molar-refractivity contribution is -0.139. The Bertz CT molecular complexity index is 1170. The fourth-order valence-corrected chi connectivity index (χ4v) is 6.96. The van der Waals surface area contributed by atoms with Crippen molar-refractivity contribution in [3.63, 3.8) is 0 Å². The predicted molar refractivity (Wildman–Crippen MR) is 158 cm³/mol. The van der Waals surface area contributed by atoms with Gasteiger partial charge in [-0.05, 0) is 38.0 Å². The summed E-state index contributed by atoms with van der Waals surface area (Å²) in [7, 11) is 0. The maximum Gasteiger partial charge on any atom is 0.233 e. The Morgan fingerprint density at radius 1 is 0.949 bits per heavy atom. The van der Waals surface area contributed by atoms with Crippen LogP contribution in [0.25, 0.3) is 0 Å². The van der Waals surface area contributed by atoms with E-state index >= 15 is 0 Å². The first kappa shape index (κ1) is 28.3. The Kier molecular flexibility index (Phi) is 9.40. The van der Waals surface area contributed by atoms with Gasteiger partial charge in [0.1, 0.15) is 11.0 Å². The number of thioether (sulfide) groups is 1. The Morgan fingerprint density at radius 2 is 1.69 bits per heavy atom. The maximum atomic E-state index is 13.1. The minimum Gasteiger partial charge on any atom is -0.368 e. The molecule has 0 spiro atoms. The number of halogens is 2. The maximum absolute atomic E-state index is 13.1. The third-order valence-corrected chi connectivity index (χ3v) is 9.24. The van der Waals surface area contributed by atoms with Crippen LogP contribution in [0.3, 0.4) is 0 Å². The number of hydrogen-bond acceptors (Lipinski definition) is 7. The van der Waals surface area contributed by atoms with Crippen molar-refractivity contribution in [2.45, 2.75) is 50.2 Å². The number of benzene rings is 1. The van der Waals surface area contributed by atoms with Gasteiger partial charge < -0.3 is 19.6 Å². The predicted octanol–water partition coefficient (Wildman–Crippen LogP) is 4.84. The normalized spacial score (nSPS) is 20.8. The summed E-state index contributed by atoms with van der Waals surface area (Å²) in [6.45, 7) is 7.05. The van der Waals surface area contributed by atoms with Crippen LogP contribution in [-0.2, 0) is 9.59 Å². The molecule has 5 rings (SSSR count). The van der Waals surface area contributed by atoms with Crippen LogP contribution < -0.4 is 9.80 Å². The van der Waals surface area contributed by atoms with Crippen LogP contribution >= 0.6 is 35.0 Å². The molecule has 2 amide bonds. The van der Waals surface area contributed by atoms with Crippen LogP contribution in [0.1, 0.15) is 39.0 Å². The number of aromatic nitrogens is 2. The minimum absolute atomic E-state index is 0.0688. The molecule has 2 aliphatic heterocycles. The van der Waals surface area contributed by atoms with E-state index in [0.717, 1.165) is 50.3 Å². The topological polar surface area (TPSA) is 72.9 Å². The molecule has 8 nitrogen and oxygen atoms in total. The molecular formula is C28H36Cl2N6O2S. The summed E-state index contributed by atoms with van der Waals surface area (Å²) in [4.78, 5) is 43.5. The summed E-state index contributed by atoms with van der Waals surface area (Å²) in [5.74, 6) is 1.57. The lowest BCUT2D eigenvalue weighted by Crippen LogP contribution is -2.55. The molecule has 2 saturated heterocycles. The highest BCUT2D eigenvalue weighted by Gasteiger charge is 2.33. The van der Waals surface area contributed by atoms with Crippen LogP contribution in [0.5, 0.6) is 0 Å². The Hall–Kier alpha value is -2.23. The van der Waals surface area contributed by atoms with E-state index in [-0.39, 0.29) is 23.6 Å². The van der Waals surface area contributed by atoms with Crippen molar-refractivity contribution >= 4 is 58.3 Å². The van der Waals surface area contributed by atoms with Gasteiger partial charge in [0.2, 0.25) is 11.8 Å². The number of rotatable bonds is 6. The number of anilines is 2. The van der Waals surface area contributed by atoms with Gasteiger partial charge in [-0.3, -0.25) is 9.59 Å². The van der Waals surface area contributed by atoms with E-state index in [2.05, 4.69) is 26.6 Å². The molecule has 3 fully saturated rings. The molecule has 0 radical (unpaired) electrons. The standard InChI is InChI=1S/C28H36Cl2N6O2S/c1-20-18-35(14-15-36(20)27(38)21-6-3-2-4-7-21)25-17-24(30)31-28(32-25)39-19-26(37)34-12-10-33(11-13-34)23-9-5-8-22(29)16-23/h5,8-9,16-17,20-21H,2-4,6-7,10-15,18-19H2,1H3. The van der Waals surface area contributed by atoms with Crippen molar-refractivity contribution in [2.24, 2.45) is 5.92 Å². The molecule has 3 aliphatic rings. The summed E-state index contributed by atoms with van der Waals surface area (Å²) in [5, 5.41) is 1.57. The Morgan fingerprint density at radius 3 is 2.41 bits per heavy atom. The average Bonchev–Trinajstić information content (AvgIpc) is 2.96. The van der Waals surface area contributed by atoms with Gasteiger partial charge in [-0.1, -0.05) is 60.3 Å². The van der Waals surface area contributed by atoms with Crippen molar-refractivity contribution in [1.29, 1.82) is 0 Å². The first-order chi connectivity index (χ1) is 18.9. The lowest BCUT2D eigenvalue weighted by Gasteiger charge is -2.42. The largest absolute Gasteiger partial charge is 0.368 e. The molecule has 1 unspecified atom stereocenters. The summed E-state index contributed by atoms with van der Waals surface area (Å²) >= 11 is 13.8. The number of carbonyl (C=O) groups is 2. The third-order valence-electron chi connectivity index (χ3n) is 7.98. The van der Waals surface area contributed by atoms with Gasteiger partial charge in [0.25, 0.3) is 0 Å². The molecule has 0 bridgehead atoms. The van der Waals surface area contributed by atoms with E-state index in [1.54, 1.807) is 6.07 Å². The van der Waals surface area contributed by atoms with Crippen LogP contribution in [0, 0.1) is 5.92 Å². The van der Waals surface area contributed by atoms with Gasteiger partial charge >= 0.3 is 0 Å². The summed E-state index contributed by atoms with van der Waals surface area (Å²) in [5.41, 5.74) is 1.08. The Labute approximate surface area is 245 Å². The zero-order chi connectivity index (χ0) is 27.4. The fourth-order valence-electron chi connectivity index (χ4n) is 5.79. The molecule has 3 heterocycles. The number of nitrogens with zero attached hydrogens (tertiary/aromatic N) is 6.